The normalized spacial score (nSPS) is 13.0. The number of carbonyl (C=O) groups excluding carboxylic acids is 1. The van der Waals surface area contributed by atoms with E-state index in [0.29, 0.717) is 11.8 Å². The van der Waals surface area contributed by atoms with Crippen LogP contribution in [0.5, 0.6) is 0 Å². The van der Waals surface area contributed by atoms with Gasteiger partial charge in [0.1, 0.15) is 6.29 Å². The van der Waals surface area contributed by atoms with Crippen LogP contribution in [0.1, 0.15) is 5.56 Å². The van der Waals surface area contributed by atoms with Gasteiger partial charge in [-0.3, -0.25) is 9.00 Å². The molecular weight excluding hydrogens is 188 g/mol. The molecule has 3 nitrogen and oxygen atoms in total. The molecule has 1 atom stereocenters. The summed E-state index contributed by atoms with van der Waals surface area (Å²) in [7, 11) is 0. The molecule has 0 aliphatic carbocycles. The van der Waals surface area contributed by atoms with Crippen molar-refractivity contribution in [2.75, 3.05) is 0 Å². The van der Waals surface area contributed by atoms with Crippen molar-refractivity contribution in [3.05, 3.63) is 35.9 Å². The molecule has 0 aliphatic heterocycles. The molecule has 0 aliphatic rings. The summed E-state index contributed by atoms with van der Waals surface area (Å²) in [6.07, 6.45) is 3.31. The van der Waals surface area contributed by atoms with Crippen LogP contribution in [0.15, 0.2) is 35.2 Å². The highest BCUT2D eigenvalue weighted by Crippen LogP contribution is 2.13. The SMILES string of the molecule is O=C/C=C/c1ccccc1S(=O)[O-]. The maximum absolute atomic E-state index is 10.7. The zero-order valence-electron chi connectivity index (χ0n) is 6.67. The summed E-state index contributed by atoms with van der Waals surface area (Å²) in [6, 6.07) is 6.45. The highest BCUT2D eigenvalue weighted by Gasteiger charge is 1.96. The van der Waals surface area contributed by atoms with Crippen molar-refractivity contribution >= 4 is 23.4 Å². The smallest absolute Gasteiger partial charge is 0.142 e. The van der Waals surface area contributed by atoms with Gasteiger partial charge in [0.25, 0.3) is 0 Å². The average Bonchev–Trinajstić information content (AvgIpc) is 2.15. The molecule has 1 rings (SSSR count). The van der Waals surface area contributed by atoms with Gasteiger partial charge >= 0.3 is 0 Å². The van der Waals surface area contributed by atoms with E-state index in [1.54, 1.807) is 18.2 Å². The van der Waals surface area contributed by atoms with Crippen molar-refractivity contribution < 1.29 is 13.6 Å². The van der Waals surface area contributed by atoms with Gasteiger partial charge < -0.3 is 4.55 Å². The number of hydrogen-bond donors (Lipinski definition) is 0. The number of carbonyl (C=O) groups is 1. The molecule has 0 aromatic heterocycles. The predicted molar refractivity (Wildman–Crippen MR) is 48.7 cm³/mol. The van der Waals surface area contributed by atoms with E-state index in [4.69, 9.17) is 0 Å². The number of benzene rings is 1. The Bertz CT molecular complexity index is 358. The second-order valence-corrected chi connectivity index (χ2v) is 3.18. The molecule has 1 aromatic carbocycles. The first-order valence-corrected chi connectivity index (χ1v) is 4.63. The van der Waals surface area contributed by atoms with Gasteiger partial charge in [0.15, 0.2) is 0 Å². The molecule has 0 saturated carbocycles. The molecule has 0 N–H and O–H groups in total. The standard InChI is InChI=1S/C9H8O3S/c10-7-3-5-8-4-1-2-6-9(8)13(11)12/h1-7H,(H,11,12)/p-1/b5-3+. The van der Waals surface area contributed by atoms with Crippen molar-refractivity contribution in [2.24, 2.45) is 0 Å². The lowest BCUT2D eigenvalue weighted by Crippen LogP contribution is -1.91. The molecule has 0 heterocycles. The van der Waals surface area contributed by atoms with Crippen LogP contribution in [-0.4, -0.2) is 15.0 Å². The van der Waals surface area contributed by atoms with Crippen molar-refractivity contribution in [2.45, 2.75) is 4.90 Å². The van der Waals surface area contributed by atoms with Crippen LogP contribution in [0.2, 0.25) is 0 Å². The summed E-state index contributed by atoms with van der Waals surface area (Å²) in [6.45, 7) is 0. The monoisotopic (exact) mass is 195 g/mol. The molecule has 0 saturated heterocycles. The van der Waals surface area contributed by atoms with E-state index >= 15 is 0 Å². The molecule has 1 unspecified atom stereocenters. The molecule has 4 heteroatoms. The van der Waals surface area contributed by atoms with Gasteiger partial charge in [0.2, 0.25) is 0 Å². The van der Waals surface area contributed by atoms with E-state index in [-0.39, 0.29) is 4.90 Å². The van der Waals surface area contributed by atoms with Gasteiger partial charge in [-0.15, -0.1) is 0 Å². The molecular formula is C9H7O3S-. The van der Waals surface area contributed by atoms with Gasteiger partial charge in [-0.05, 0) is 28.8 Å². The zero-order valence-corrected chi connectivity index (χ0v) is 7.49. The summed E-state index contributed by atoms with van der Waals surface area (Å²) in [5, 5.41) is 0. The van der Waals surface area contributed by atoms with Gasteiger partial charge in [-0.1, -0.05) is 24.3 Å². The fraction of sp³-hybridized carbons (Fsp3) is 0. The fourth-order valence-electron chi connectivity index (χ4n) is 0.913. The third kappa shape index (κ3) is 2.61. The second kappa shape index (κ2) is 4.69. The topological polar surface area (TPSA) is 57.2 Å². The van der Waals surface area contributed by atoms with E-state index in [9.17, 15) is 13.6 Å². The van der Waals surface area contributed by atoms with E-state index in [1.807, 2.05) is 0 Å². The van der Waals surface area contributed by atoms with Crippen LogP contribution in [0, 0.1) is 0 Å². The van der Waals surface area contributed by atoms with E-state index in [1.165, 1.54) is 18.2 Å². The lowest BCUT2D eigenvalue weighted by Gasteiger charge is -2.07. The zero-order chi connectivity index (χ0) is 9.68. The van der Waals surface area contributed by atoms with Crippen LogP contribution in [0.3, 0.4) is 0 Å². The Morgan fingerprint density at radius 3 is 2.62 bits per heavy atom. The number of hydrogen-bond acceptors (Lipinski definition) is 3. The highest BCUT2D eigenvalue weighted by atomic mass is 32.2. The van der Waals surface area contributed by atoms with Crippen molar-refractivity contribution in [3.8, 4) is 0 Å². The van der Waals surface area contributed by atoms with Gasteiger partial charge in [0, 0.05) is 4.90 Å². The molecule has 0 fully saturated rings. The van der Waals surface area contributed by atoms with Gasteiger partial charge in [-0.25, -0.2) is 0 Å². The number of allylic oxidation sites excluding steroid dienone is 1. The maximum atomic E-state index is 10.7. The van der Waals surface area contributed by atoms with Crippen molar-refractivity contribution in [1.82, 2.24) is 0 Å². The lowest BCUT2D eigenvalue weighted by atomic mass is 10.2. The van der Waals surface area contributed by atoms with Crippen molar-refractivity contribution in [1.29, 1.82) is 0 Å². The van der Waals surface area contributed by atoms with Crippen LogP contribution in [0.4, 0.5) is 0 Å². The summed E-state index contributed by atoms with van der Waals surface area (Å²) < 4.78 is 21.3. The van der Waals surface area contributed by atoms with E-state index in [0.717, 1.165) is 0 Å². The third-order valence-corrected chi connectivity index (χ3v) is 2.18. The third-order valence-electron chi connectivity index (χ3n) is 1.45. The van der Waals surface area contributed by atoms with Crippen LogP contribution in [-0.2, 0) is 15.9 Å². The average molecular weight is 195 g/mol. The minimum Gasteiger partial charge on any atom is -0.768 e. The summed E-state index contributed by atoms with van der Waals surface area (Å²) in [5.74, 6) is 0. The fourth-order valence-corrected chi connectivity index (χ4v) is 1.43. The minimum atomic E-state index is -2.26. The largest absolute Gasteiger partial charge is 0.768 e. The molecule has 0 bridgehead atoms. The Labute approximate surface area is 78.4 Å². The highest BCUT2D eigenvalue weighted by molar-refractivity contribution is 7.79. The minimum absolute atomic E-state index is 0.195. The Balaban J connectivity index is 3.11. The molecule has 0 spiro atoms. The van der Waals surface area contributed by atoms with Crippen LogP contribution in [0.25, 0.3) is 6.08 Å². The van der Waals surface area contributed by atoms with E-state index < -0.39 is 11.1 Å². The molecule has 13 heavy (non-hydrogen) atoms. The van der Waals surface area contributed by atoms with Gasteiger partial charge in [0.05, 0.1) is 0 Å². The Hall–Kier alpha value is -1.26. The molecule has 0 radical (unpaired) electrons. The van der Waals surface area contributed by atoms with Crippen LogP contribution >= 0.6 is 0 Å². The predicted octanol–water partition coefficient (Wildman–Crippen LogP) is 1.14. The first kappa shape index (κ1) is 9.83. The number of aldehydes is 1. The summed E-state index contributed by atoms with van der Waals surface area (Å²) in [5.41, 5.74) is 0.517. The molecule has 1 aromatic rings. The molecule has 0 amide bonds. The van der Waals surface area contributed by atoms with E-state index in [2.05, 4.69) is 0 Å². The second-order valence-electron chi connectivity index (χ2n) is 2.27. The first-order valence-electron chi connectivity index (χ1n) is 3.56. The molecule has 68 valence electrons. The summed E-state index contributed by atoms with van der Waals surface area (Å²) >= 11 is -2.26. The summed E-state index contributed by atoms with van der Waals surface area (Å²) in [4.78, 5) is 10.2. The lowest BCUT2D eigenvalue weighted by molar-refractivity contribution is -0.104. The first-order chi connectivity index (χ1) is 6.25. The van der Waals surface area contributed by atoms with Crippen LogP contribution < -0.4 is 0 Å². The van der Waals surface area contributed by atoms with Gasteiger partial charge in [-0.2, -0.15) is 0 Å². The Morgan fingerprint density at radius 2 is 2.00 bits per heavy atom. The van der Waals surface area contributed by atoms with Crippen molar-refractivity contribution in [3.63, 3.8) is 0 Å². The number of rotatable bonds is 3. The quantitative estimate of drug-likeness (QED) is 0.413. The Morgan fingerprint density at radius 1 is 1.31 bits per heavy atom. The Kier molecular flexibility index (Phi) is 3.54. The maximum Gasteiger partial charge on any atom is 0.142 e.